The van der Waals surface area contributed by atoms with Gasteiger partial charge in [0, 0.05) is 11.6 Å². The first-order valence-corrected chi connectivity index (χ1v) is 9.96. The third-order valence-electron chi connectivity index (χ3n) is 4.08. The van der Waals surface area contributed by atoms with Gasteiger partial charge in [-0.3, -0.25) is 15.2 Å². The standard InChI is InChI=1S/C17H16ClN5O4S/c1-10-14(18)8-13(9-15(10)23(24)25)28(26,27)22-16(12-6-4-3-5-7-12)17-19-11(2)20-21-17/h3-9,16,22H,1-2H3,(H,19,20,21). The molecule has 1 aromatic heterocycles. The molecule has 2 N–H and O–H groups in total. The number of hydrogen-bond acceptors (Lipinski definition) is 6. The molecule has 0 aliphatic heterocycles. The Morgan fingerprint density at radius 3 is 2.46 bits per heavy atom. The molecule has 0 saturated carbocycles. The number of nitro benzene ring substituents is 1. The van der Waals surface area contributed by atoms with Crippen LogP contribution < -0.4 is 4.72 Å². The summed E-state index contributed by atoms with van der Waals surface area (Å²) in [4.78, 5) is 14.5. The van der Waals surface area contributed by atoms with Gasteiger partial charge in [0.2, 0.25) is 10.0 Å². The van der Waals surface area contributed by atoms with Crippen molar-refractivity contribution in [3.63, 3.8) is 0 Å². The number of aromatic nitrogens is 3. The number of rotatable bonds is 6. The van der Waals surface area contributed by atoms with Crippen LogP contribution in [0.4, 0.5) is 5.69 Å². The fourth-order valence-electron chi connectivity index (χ4n) is 2.61. The average molecular weight is 422 g/mol. The largest absolute Gasteiger partial charge is 0.275 e. The number of nitrogens with one attached hydrogen (secondary N) is 2. The van der Waals surface area contributed by atoms with Crippen molar-refractivity contribution in [2.45, 2.75) is 24.8 Å². The Balaban J connectivity index is 2.07. The molecule has 3 rings (SSSR count). The number of nitro groups is 1. The summed E-state index contributed by atoms with van der Waals surface area (Å²) < 4.78 is 28.5. The maximum atomic E-state index is 13.0. The predicted octanol–water partition coefficient (Wildman–Crippen LogP) is 3.05. The van der Waals surface area contributed by atoms with Gasteiger partial charge in [0.15, 0.2) is 5.82 Å². The van der Waals surface area contributed by atoms with Crippen LogP contribution in [0.15, 0.2) is 47.4 Å². The molecule has 3 aromatic rings. The normalized spacial score (nSPS) is 12.7. The smallest absolute Gasteiger partial charge is 0.263 e. The van der Waals surface area contributed by atoms with Crippen LogP contribution in [0, 0.1) is 24.0 Å². The Labute approximate surface area is 166 Å². The maximum Gasteiger partial charge on any atom is 0.275 e. The highest BCUT2D eigenvalue weighted by molar-refractivity contribution is 7.89. The van der Waals surface area contributed by atoms with Crippen LogP contribution in [-0.2, 0) is 10.0 Å². The van der Waals surface area contributed by atoms with E-state index in [0.29, 0.717) is 11.4 Å². The quantitative estimate of drug-likeness (QED) is 0.464. The van der Waals surface area contributed by atoms with Gasteiger partial charge in [0.25, 0.3) is 5.69 Å². The summed E-state index contributed by atoms with van der Waals surface area (Å²) in [6.45, 7) is 3.14. The van der Waals surface area contributed by atoms with Gasteiger partial charge in [-0.1, -0.05) is 41.9 Å². The van der Waals surface area contributed by atoms with Crippen LogP contribution >= 0.6 is 11.6 Å². The van der Waals surface area contributed by atoms with Gasteiger partial charge >= 0.3 is 0 Å². The number of aromatic amines is 1. The fraction of sp³-hybridized carbons (Fsp3) is 0.176. The summed E-state index contributed by atoms with van der Waals surface area (Å²) in [5.41, 5.74) is 0.422. The van der Waals surface area contributed by atoms with Crippen molar-refractivity contribution >= 4 is 27.3 Å². The molecule has 11 heteroatoms. The molecule has 1 heterocycles. The predicted molar refractivity (Wildman–Crippen MR) is 103 cm³/mol. The summed E-state index contributed by atoms with van der Waals surface area (Å²) >= 11 is 6.02. The van der Waals surface area contributed by atoms with Crippen molar-refractivity contribution < 1.29 is 13.3 Å². The minimum atomic E-state index is -4.17. The molecule has 2 aromatic carbocycles. The van der Waals surface area contributed by atoms with Gasteiger partial charge in [-0.15, -0.1) is 0 Å². The molecule has 0 amide bonds. The summed E-state index contributed by atoms with van der Waals surface area (Å²) in [6, 6.07) is 10.0. The molecule has 28 heavy (non-hydrogen) atoms. The van der Waals surface area contributed by atoms with Crippen LogP contribution in [0.2, 0.25) is 5.02 Å². The second-order valence-electron chi connectivity index (χ2n) is 6.05. The van der Waals surface area contributed by atoms with Crippen LogP contribution in [0.25, 0.3) is 0 Å². The highest BCUT2D eigenvalue weighted by Gasteiger charge is 2.28. The topological polar surface area (TPSA) is 131 Å². The number of H-pyrrole nitrogens is 1. The zero-order valence-electron chi connectivity index (χ0n) is 14.9. The molecule has 0 saturated heterocycles. The zero-order valence-corrected chi connectivity index (χ0v) is 16.5. The van der Waals surface area contributed by atoms with Gasteiger partial charge < -0.3 is 0 Å². The molecule has 0 aliphatic rings. The molecule has 0 aliphatic carbocycles. The third kappa shape index (κ3) is 4.03. The summed E-state index contributed by atoms with van der Waals surface area (Å²) in [5, 5.41) is 17.9. The average Bonchev–Trinajstić information content (AvgIpc) is 3.08. The minimum Gasteiger partial charge on any atom is -0.263 e. The number of nitrogens with zero attached hydrogens (tertiary/aromatic N) is 3. The van der Waals surface area contributed by atoms with Crippen LogP contribution in [0.5, 0.6) is 0 Å². The van der Waals surface area contributed by atoms with Gasteiger partial charge in [0.05, 0.1) is 14.8 Å². The lowest BCUT2D eigenvalue weighted by Crippen LogP contribution is -2.30. The van der Waals surface area contributed by atoms with E-state index in [2.05, 4.69) is 19.9 Å². The number of aryl methyl sites for hydroxylation is 1. The Bertz CT molecular complexity index is 1130. The van der Waals surface area contributed by atoms with Crippen molar-refractivity contribution in [2.24, 2.45) is 0 Å². The van der Waals surface area contributed by atoms with E-state index in [1.165, 1.54) is 13.0 Å². The number of sulfonamides is 1. The Morgan fingerprint density at radius 2 is 1.89 bits per heavy atom. The zero-order chi connectivity index (χ0) is 20.5. The highest BCUT2D eigenvalue weighted by atomic mass is 35.5. The number of halogens is 1. The van der Waals surface area contributed by atoms with Crippen molar-refractivity contribution in [1.82, 2.24) is 19.9 Å². The molecule has 1 atom stereocenters. The van der Waals surface area contributed by atoms with Crippen LogP contribution in [0.3, 0.4) is 0 Å². The summed E-state index contributed by atoms with van der Waals surface area (Å²) in [7, 11) is -4.17. The van der Waals surface area contributed by atoms with E-state index >= 15 is 0 Å². The van der Waals surface area contributed by atoms with Crippen molar-refractivity contribution in [3.05, 3.63) is 80.4 Å². The van der Waals surface area contributed by atoms with Gasteiger partial charge in [-0.05, 0) is 25.5 Å². The van der Waals surface area contributed by atoms with E-state index in [1.807, 2.05) is 0 Å². The Hall–Kier alpha value is -2.82. The van der Waals surface area contributed by atoms with E-state index in [-0.39, 0.29) is 27.0 Å². The van der Waals surface area contributed by atoms with E-state index in [9.17, 15) is 18.5 Å². The fourth-order valence-corrected chi connectivity index (χ4v) is 4.12. The van der Waals surface area contributed by atoms with Crippen LogP contribution in [-0.4, -0.2) is 28.5 Å². The van der Waals surface area contributed by atoms with E-state index < -0.39 is 21.0 Å². The number of hydrogen-bond donors (Lipinski definition) is 2. The molecule has 9 nitrogen and oxygen atoms in total. The lowest BCUT2D eigenvalue weighted by Gasteiger charge is -2.17. The highest BCUT2D eigenvalue weighted by Crippen LogP contribution is 2.30. The minimum absolute atomic E-state index is 0.0143. The molecular formula is C17H16ClN5O4S. The first kappa shape index (κ1) is 19.9. The van der Waals surface area contributed by atoms with Gasteiger partial charge in [0.1, 0.15) is 11.9 Å². The number of benzene rings is 2. The van der Waals surface area contributed by atoms with Gasteiger partial charge in [-0.2, -0.15) is 9.82 Å². The molecule has 0 spiro atoms. The Morgan fingerprint density at radius 1 is 1.21 bits per heavy atom. The second kappa shape index (κ2) is 7.66. The maximum absolute atomic E-state index is 13.0. The third-order valence-corrected chi connectivity index (χ3v) is 5.87. The molecule has 0 bridgehead atoms. The van der Waals surface area contributed by atoms with E-state index in [4.69, 9.17) is 11.6 Å². The monoisotopic (exact) mass is 421 g/mol. The molecular weight excluding hydrogens is 406 g/mol. The van der Waals surface area contributed by atoms with Crippen LogP contribution in [0.1, 0.15) is 28.8 Å². The summed E-state index contributed by atoms with van der Waals surface area (Å²) in [5.74, 6) is 0.740. The first-order valence-electron chi connectivity index (χ1n) is 8.10. The Kier molecular flexibility index (Phi) is 5.45. The molecule has 146 valence electrons. The lowest BCUT2D eigenvalue weighted by molar-refractivity contribution is -0.385. The van der Waals surface area contributed by atoms with E-state index in [1.54, 1.807) is 37.3 Å². The lowest BCUT2D eigenvalue weighted by atomic mass is 10.1. The molecule has 0 radical (unpaired) electrons. The summed E-state index contributed by atoms with van der Waals surface area (Å²) in [6.07, 6.45) is 0. The van der Waals surface area contributed by atoms with Crippen molar-refractivity contribution in [2.75, 3.05) is 0 Å². The SMILES string of the molecule is Cc1nc(C(NS(=O)(=O)c2cc(Cl)c(C)c([N+](=O)[O-])c2)c2ccccc2)n[nH]1. The first-order chi connectivity index (χ1) is 13.2. The van der Waals surface area contributed by atoms with Crippen molar-refractivity contribution in [3.8, 4) is 0 Å². The van der Waals surface area contributed by atoms with Crippen molar-refractivity contribution in [1.29, 1.82) is 0 Å². The van der Waals surface area contributed by atoms with Gasteiger partial charge in [-0.25, -0.2) is 13.4 Å². The second-order valence-corrected chi connectivity index (χ2v) is 8.17. The van der Waals surface area contributed by atoms with E-state index in [0.717, 1.165) is 6.07 Å². The molecule has 0 fully saturated rings. The molecule has 1 unspecified atom stereocenters.